The van der Waals surface area contributed by atoms with Gasteiger partial charge in [-0.2, -0.15) is 0 Å². The molecule has 1 aromatic rings. The first kappa shape index (κ1) is 11.1. The lowest BCUT2D eigenvalue weighted by molar-refractivity contribution is 0.0606. The number of nitrogens with one attached hydrogen (secondary N) is 1. The van der Waals surface area contributed by atoms with Crippen LogP contribution in [0.4, 0.5) is 0 Å². The van der Waals surface area contributed by atoms with Gasteiger partial charge in [-0.25, -0.2) is 4.98 Å². The van der Waals surface area contributed by atoms with E-state index in [1.54, 1.807) is 12.4 Å². The van der Waals surface area contributed by atoms with Crippen LogP contribution in [0.2, 0.25) is 0 Å². The average molecular weight is 222 g/mol. The molecule has 1 aliphatic rings. The molecule has 16 heavy (non-hydrogen) atoms. The maximum absolute atomic E-state index is 12.0. The van der Waals surface area contributed by atoms with Crippen LogP contribution in [0.5, 0.6) is 0 Å². The standard InChI is InChI=1S/C11H18N4O/c1-11(8-12)2-6-15(7-3-11)10(16)9-13-4-5-14-9/h4-5H,2-3,6-8,12H2,1H3,(H,13,14). The molecule has 1 aliphatic heterocycles. The third kappa shape index (κ3) is 2.09. The molecule has 0 aliphatic carbocycles. The minimum Gasteiger partial charge on any atom is -0.341 e. The van der Waals surface area contributed by atoms with Gasteiger partial charge < -0.3 is 15.6 Å². The molecule has 0 saturated carbocycles. The molecule has 5 nitrogen and oxygen atoms in total. The van der Waals surface area contributed by atoms with Crippen molar-refractivity contribution in [3.63, 3.8) is 0 Å². The van der Waals surface area contributed by atoms with E-state index in [0.717, 1.165) is 25.9 Å². The molecule has 0 bridgehead atoms. The Balaban J connectivity index is 1.97. The van der Waals surface area contributed by atoms with Gasteiger partial charge in [-0.1, -0.05) is 6.92 Å². The topological polar surface area (TPSA) is 75.0 Å². The number of hydrogen-bond acceptors (Lipinski definition) is 3. The highest BCUT2D eigenvalue weighted by Crippen LogP contribution is 2.29. The summed E-state index contributed by atoms with van der Waals surface area (Å²) in [5.74, 6) is 0.417. The molecule has 0 unspecified atom stereocenters. The summed E-state index contributed by atoms with van der Waals surface area (Å²) in [6.45, 7) is 4.41. The van der Waals surface area contributed by atoms with E-state index in [1.807, 2.05) is 4.90 Å². The lowest BCUT2D eigenvalue weighted by atomic mass is 9.80. The zero-order valence-electron chi connectivity index (χ0n) is 9.57. The molecule has 1 amide bonds. The highest BCUT2D eigenvalue weighted by atomic mass is 16.2. The zero-order valence-corrected chi connectivity index (χ0v) is 9.57. The van der Waals surface area contributed by atoms with Crippen LogP contribution in [0.25, 0.3) is 0 Å². The summed E-state index contributed by atoms with van der Waals surface area (Å²) in [5, 5.41) is 0. The van der Waals surface area contributed by atoms with Crippen LogP contribution < -0.4 is 5.73 Å². The van der Waals surface area contributed by atoms with Gasteiger partial charge in [-0.15, -0.1) is 0 Å². The number of H-pyrrole nitrogens is 1. The highest BCUT2D eigenvalue weighted by Gasteiger charge is 2.31. The second-order valence-corrected chi connectivity index (χ2v) is 4.74. The van der Waals surface area contributed by atoms with Crippen LogP contribution in [-0.2, 0) is 0 Å². The Morgan fingerprint density at radius 2 is 2.31 bits per heavy atom. The number of amides is 1. The Bertz CT molecular complexity index is 352. The molecule has 0 aromatic carbocycles. The number of aromatic nitrogens is 2. The van der Waals surface area contributed by atoms with Crippen LogP contribution in [0.3, 0.4) is 0 Å². The first-order valence-electron chi connectivity index (χ1n) is 5.63. The van der Waals surface area contributed by atoms with Crippen molar-refractivity contribution in [2.45, 2.75) is 19.8 Å². The van der Waals surface area contributed by atoms with Crippen molar-refractivity contribution in [2.24, 2.45) is 11.1 Å². The monoisotopic (exact) mass is 222 g/mol. The number of carbonyl (C=O) groups excluding carboxylic acids is 1. The predicted octanol–water partition coefficient (Wildman–Crippen LogP) is 0.611. The van der Waals surface area contributed by atoms with E-state index in [4.69, 9.17) is 5.73 Å². The Kier molecular flexibility index (Phi) is 2.96. The number of rotatable bonds is 2. The Morgan fingerprint density at radius 3 is 2.81 bits per heavy atom. The molecule has 1 saturated heterocycles. The minimum atomic E-state index is -0.0101. The fourth-order valence-corrected chi connectivity index (χ4v) is 1.99. The Labute approximate surface area is 95.0 Å². The highest BCUT2D eigenvalue weighted by molar-refractivity contribution is 5.90. The molecule has 5 heteroatoms. The van der Waals surface area contributed by atoms with Crippen molar-refractivity contribution in [3.8, 4) is 0 Å². The SMILES string of the molecule is CC1(CN)CCN(C(=O)c2ncc[nH]2)CC1. The van der Waals surface area contributed by atoms with Gasteiger partial charge in [0.15, 0.2) is 5.82 Å². The van der Waals surface area contributed by atoms with Gasteiger partial charge in [-0.05, 0) is 24.8 Å². The molecule has 3 N–H and O–H groups in total. The largest absolute Gasteiger partial charge is 0.341 e. The van der Waals surface area contributed by atoms with Crippen molar-refractivity contribution < 1.29 is 4.79 Å². The summed E-state index contributed by atoms with van der Waals surface area (Å²) in [6.07, 6.45) is 5.20. The summed E-state index contributed by atoms with van der Waals surface area (Å²) in [6, 6.07) is 0. The number of nitrogens with two attached hydrogens (primary N) is 1. The van der Waals surface area contributed by atoms with Crippen molar-refractivity contribution in [1.29, 1.82) is 0 Å². The van der Waals surface area contributed by atoms with Gasteiger partial charge in [0.25, 0.3) is 5.91 Å². The van der Waals surface area contributed by atoms with E-state index in [2.05, 4.69) is 16.9 Å². The van der Waals surface area contributed by atoms with Crippen LogP contribution in [-0.4, -0.2) is 40.4 Å². The third-order valence-corrected chi connectivity index (χ3v) is 3.45. The fourth-order valence-electron chi connectivity index (χ4n) is 1.99. The summed E-state index contributed by atoms with van der Waals surface area (Å²) in [7, 11) is 0. The van der Waals surface area contributed by atoms with E-state index in [-0.39, 0.29) is 11.3 Å². The summed E-state index contributed by atoms with van der Waals surface area (Å²) < 4.78 is 0. The normalized spacial score (nSPS) is 19.8. The maximum atomic E-state index is 12.0. The number of aromatic amines is 1. The van der Waals surface area contributed by atoms with Crippen molar-refractivity contribution in [3.05, 3.63) is 18.2 Å². The van der Waals surface area contributed by atoms with Crippen LogP contribution in [0.15, 0.2) is 12.4 Å². The van der Waals surface area contributed by atoms with Crippen LogP contribution >= 0.6 is 0 Å². The number of hydrogen-bond donors (Lipinski definition) is 2. The van der Waals surface area contributed by atoms with E-state index in [9.17, 15) is 4.79 Å². The molecular formula is C11H18N4O. The molecular weight excluding hydrogens is 204 g/mol. The van der Waals surface area contributed by atoms with Gasteiger partial charge >= 0.3 is 0 Å². The van der Waals surface area contributed by atoms with Gasteiger partial charge in [0.05, 0.1) is 0 Å². The lowest BCUT2D eigenvalue weighted by Crippen LogP contribution is -2.45. The number of nitrogens with zero attached hydrogens (tertiary/aromatic N) is 2. The van der Waals surface area contributed by atoms with Gasteiger partial charge in [0.1, 0.15) is 0 Å². The molecule has 88 valence electrons. The van der Waals surface area contributed by atoms with E-state index in [1.165, 1.54) is 0 Å². The number of carbonyl (C=O) groups is 1. The summed E-state index contributed by atoms with van der Waals surface area (Å²) in [4.78, 5) is 20.6. The predicted molar refractivity (Wildman–Crippen MR) is 60.9 cm³/mol. The number of imidazole rings is 1. The van der Waals surface area contributed by atoms with Gasteiger partial charge in [0.2, 0.25) is 0 Å². The average Bonchev–Trinajstić information content (AvgIpc) is 2.83. The van der Waals surface area contributed by atoms with E-state index >= 15 is 0 Å². The quantitative estimate of drug-likeness (QED) is 0.770. The van der Waals surface area contributed by atoms with Crippen LogP contribution in [0, 0.1) is 5.41 Å². The molecule has 0 atom stereocenters. The zero-order chi connectivity index (χ0) is 11.6. The Hall–Kier alpha value is -1.36. The van der Waals surface area contributed by atoms with Crippen molar-refractivity contribution >= 4 is 5.91 Å². The first-order chi connectivity index (χ1) is 7.64. The van der Waals surface area contributed by atoms with Gasteiger partial charge in [-0.3, -0.25) is 4.79 Å². The molecule has 2 rings (SSSR count). The molecule has 2 heterocycles. The van der Waals surface area contributed by atoms with E-state index < -0.39 is 0 Å². The third-order valence-electron chi connectivity index (χ3n) is 3.45. The molecule has 1 fully saturated rings. The molecule has 1 aromatic heterocycles. The number of piperidine rings is 1. The summed E-state index contributed by atoms with van der Waals surface area (Å²) >= 11 is 0. The van der Waals surface area contributed by atoms with E-state index in [0.29, 0.717) is 12.4 Å². The molecule has 0 radical (unpaired) electrons. The maximum Gasteiger partial charge on any atom is 0.289 e. The second-order valence-electron chi connectivity index (χ2n) is 4.74. The smallest absolute Gasteiger partial charge is 0.289 e. The second kappa shape index (κ2) is 4.25. The van der Waals surface area contributed by atoms with Crippen molar-refractivity contribution in [2.75, 3.05) is 19.6 Å². The van der Waals surface area contributed by atoms with Crippen LogP contribution in [0.1, 0.15) is 30.4 Å². The fraction of sp³-hybridized carbons (Fsp3) is 0.636. The molecule has 0 spiro atoms. The first-order valence-corrected chi connectivity index (χ1v) is 5.63. The minimum absolute atomic E-state index is 0.0101. The number of likely N-dealkylation sites (tertiary alicyclic amines) is 1. The summed E-state index contributed by atoms with van der Waals surface area (Å²) in [5.41, 5.74) is 5.93. The Morgan fingerprint density at radius 1 is 1.62 bits per heavy atom. The van der Waals surface area contributed by atoms with Gasteiger partial charge in [0, 0.05) is 25.5 Å². The lowest BCUT2D eigenvalue weighted by Gasteiger charge is -2.38. The van der Waals surface area contributed by atoms with Crippen molar-refractivity contribution in [1.82, 2.24) is 14.9 Å².